The van der Waals surface area contributed by atoms with E-state index in [1.54, 1.807) is 0 Å². The van der Waals surface area contributed by atoms with E-state index in [1.807, 2.05) is 23.1 Å². The summed E-state index contributed by atoms with van der Waals surface area (Å²) in [6.45, 7) is 4.71. The molecule has 0 bridgehead atoms. The second-order valence-electron chi connectivity index (χ2n) is 7.38. The highest BCUT2D eigenvalue weighted by atomic mass is 16.2. The Bertz CT molecular complexity index is 607. The van der Waals surface area contributed by atoms with Gasteiger partial charge in [-0.3, -0.25) is 9.59 Å². The standard InChI is InChI=1S/C20H30N4O2/c1-15-6-5-11-24(15)19(25)14-22-17-12-18(23-13-17)20(26)21-10-9-16-7-3-2-4-8-16/h2-4,7-8,15,17-18,22-23H,5-6,9-14H2,1H3,(H,21,26)/t15-,17-,18+/m1/s1. The van der Waals surface area contributed by atoms with Crippen molar-refractivity contribution in [3.8, 4) is 0 Å². The molecule has 1 aromatic rings. The van der Waals surface area contributed by atoms with Gasteiger partial charge in [-0.15, -0.1) is 0 Å². The summed E-state index contributed by atoms with van der Waals surface area (Å²) in [6.07, 6.45) is 3.76. The number of rotatable bonds is 7. The van der Waals surface area contributed by atoms with Gasteiger partial charge < -0.3 is 20.9 Å². The molecule has 0 aromatic heterocycles. The molecule has 2 amide bonds. The molecular formula is C20H30N4O2. The molecule has 3 atom stereocenters. The number of nitrogens with one attached hydrogen (secondary N) is 3. The minimum absolute atomic E-state index is 0.0460. The first-order valence-electron chi connectivity index (χ1n) is 9.71. The van der Waals surface area contributed by atoms with Crippen molar-refractivity contribution >= 4 is 11.8 Å². The molecule has 0 radical (unpaired) electrons. The second-order valence-corrected chi connectivity index (χ2v) is 7.38. The van der Waals surface area contributed by atoms with Crippen molar-refractivity contribution in [1.29, 1.82) is 0 Å². The third-order valence-electron chi connectivity index (χ3n) is 5.42. The molecular weight excluding hydrogens is 328 g/mol. The minimum atomic E-state index is -0.177. The molecule has 0 spiro atoms. The van der Waals surface area contributed by atoms with E-state index in [4.69, 9.17) is 0 Å². The number of carbonyl (C=O) groups excluding carboxylic acids is 2. The quantitative estimate of drug-likeness (QED) is 0.670. The van der Waals surface area contributed by atoms with Crippen molar-refractivity contribution in [2.24, 2.45) is 0 Å². The maximum atomic E-state index is 12.3. The van der Waals surface area contributed by atoms with E-state index in [0.29, 0.717) is 19.1 Å². The number of likely N-dealkylation sites (tertiary alicyclic amines) is 1. The summed E-state index contributed by atoms with van der Waals surface area (Å²) in [5, 5.41) is 9.57. The molecule has 3 N–H and O–H groups in total. The number of nitrogens with zero attached hydrogens (tertiary/aromatic N) is 1. The van der Waals surface area contributed by atoms with Crippen LogP contribution in [0.1, 0.15) is 31.7 Å². The fourth-order valence-corrected chi connectivity index (χ4v) is 3.83. The zero-order valence-electron chi connectivity index (χ0n) is 15.5. The highest BCUT2D eigenvalue weighted by Gasteiger charge is 2.30. The van der Waals surface area contributed by atoms with Crippen LogP contribution in [0.2, 0.25) is 0 Å². The summed E-state index contributed by atoms with van der Waals surface area (Å²) in [6, 6.07) is 10.5. The minimum Gasteiger partial charge on any atom is -0.354 e. The molecule has 6 nitrogen and oxygen atoms in total. The maximum Gasteiger partial charge on any atom is 0.237 e. The van der Waals surface area contributed by atoms with Gasteiger partial charge in [-0.2, -0.15) is 0 Å². The molecule has 0 aliphatic carbocycles. The molecule has 26 heavy (non-hydrogen) atoms. The lowest BCUT2D eigenvalue weighted by Gasteiger charge is -2.22. The molecule has 0 saturated carbocycles. The van der Waals surface area contributed by atoms with E-state index in [1.165, 1.54) is 5.56 Å². The average Bonchev–Trinajstić information content (AvgIpc) is 3.29. The van der Waals surface area contributed by atoms with Crippen molar-refractivity contribution < 1.29 is 9.59 Å². The Morgan fingerprint density at radius 1 is 1.27 bits per heavy atom. The summed E-state index contributed by atoms with van der Waals surface area (Å²) in [5.41, 5.74) is 1.22. The van der Waals surface area contributed by atoms with Gasteiger partial charge in [-0.25, -0.2) is 0 Å². The summed E-state index contributed by atoms with van der Waals surface area (Å²) in [7, 11) is 0. The summed E-state index contributed by atoms with van der Waals surface area (Å²) >= 11 is 0. The van der Waals surface area contributed by atoms with Crippen molar-refractivity contribution in [3.05, 3.63) is 35.9 Å². The topological polar surface area (TPSA) is 73.5 Å². The van der Waals surface area contributed by atoms with Gasteiger partial charge in [0.15, 0.2) is 0 Å². The number of hydrogen-bond acceptors (Lipinski definition) is 4. The van der Waals surface area contributed by atoms with Gasteiger partial charge >= 0.3 is 0 Å². The van der Waals surface area contributed by atoms with Crippen LogP contribution in [0.3, 0.4) is 0 Å². The van der Waals surface area contributed by atoms with E-state index < -0.39 is 0 Å². The lowest BCUT2D eigenvalue weighted by atomic mass is 10.1. The molecule has 3 rings (SSSR count). The smallest absolute Gasteiger partial charge is 0.237 e. The summed E-state index contributed by atoms with van der Waals surface area (Å²) in [4.78, 5) is 26.5. The normalized spacial score (nSPS) is 25.4. The van der Waals surface area contributed by atoms with Crippen molar-refractivity contribution in [1.82, 2.24) is 20.9 Å². The molecule has 2 aliphatic heterocycles. The van der Waals surface area contributed by atoms with Gasteiger partial charge in [-0.1, -0.05) is 30.3 Å². The van der Waals surface area contributed by atoms with Crippen molar-refractivity contribution in [3.63, 3.8) is 0 Å². The van der Waals surface area contributed by atoms with Crippen LogP contribution in [-0.4, -0.2) is 61.0 Å². The Kier molecular flexibility index (Phi) is 6.63. The highest BCUT2D eigenvalue weighted by Crippen LogP contribution is 2.16. The first-order chi connectivity index (χ1) is 12.6. The number of hydrogen-bond donors (Lipinski definition) is 3. The van der Waals surface area contributed by atoms with Gasteiger partial charge in [0.2, 0.25) is 11.8 Å². The average molecular weight is 358 g/mol. The van der Waals surface area contributed by atoms with Gasteiger partial charge in [0, 0.05) is 31.7 Å². The Balaban J connectivity index is 1.34. The first kappa shape index (κ1) is 18.9. The van der Waals surface area contributed by atoms with E-state index in [-0.39, 0.29) is 23.9 Å². The highest BCUT2D eigenvalue weighted by molar-refractivity contribution is 5.82. The molecule has 6 heteroatoms. The predicted molar refractivity (Wildman–Crippen MR) is 102 cm³/mol. The van der Waals surface area contributed by atoms with Gasteiger partial charge in [-0.05, 0) is 38.2 Å². The van der Waals surface area contributed by atoms with Crippen molar-refractivity contribution in [2.45, 2.75) is 50.7 Å². The number of benzene rings is 1. The number of carbonyl (C=O) groups is 2. The van der Waals surface area contributed by atoms with Gasteiger partial charge in [0.1, 0.15) is 0 Å². The zero-order valence-corrected chi connectivity index (χ0v) is 15.5. The summed E-state index contributed by atoms with van der Waals surface area (Å²) in [5.74, 6) is 0.218. The van der Waals surface area contributed by atoms with Crippen LogP contribution in [0.5, 0.6) is 0 Å². The predicted octanol–water partition coefficient (Wildman–Crippen LogP) is 0.676. The zero-order chi connectivity index (χ0) is 18.4. The van der Waals surface area contributed by atoms with Crippen LogP contribution in [0.15, 0.2) is 30.3 Å². The maximum absolute atomic E-state index is 12.3. The Morgan fingerprint density at radius 3 is 2.81 bits per heavy atom. The fourth-order valence-electron chi connectivity index (χ4n) is 3.83. The van der Waals surface area contributed by atoms with Crippen molar-refractivity contribution in [2.75, 3.05) is 26.2 Å². The molecule has 2 heterocycles. The van der Waals surface area contributed by atoms with E-state index in [2.05, 4.69) is 35.0 Å². The van der Waals surface area contributed by atoms with Gasteiger partial charge in [0.05, 0.1) is 12.6 Å². The van der Waals surface area contributed by atoms with Crippen LogP contribution in [-0.2, 0) is 16.0 Å². The van der Waals surface area contributed by atoms with Crippen LogP contribution in [0.4, 0.5) is 0 Å². The molecule has 142 valence electrons. The van der Waals surface area contributed by atoms with E-state index in [0.717, 1.165) is 38.8 Å². The molecule has 1 aromatic carbocycles. The monoisotopic (exact) mass is 358 g/mol. The Hall–Kier alpha value is -1.92. The lowest BCUT2D eigenvalue weighted by molar-refractivity contribution is -0.130. The Morgan fingerprint density at radius 2 is 2.08 bits per heavy atom. The van der Waals surface area contributed by atoms with E-state index in [9.17, 15) is 9.59 Å². The Labute approximate surface area is 155 Å². The fraction of sp³-hybridized carbons (Fsp3) is 0.600. The molecule has 2 fully saturated rings. The summed E-state index contributed by atoms with van der Waals surface area (Å²) < 4.78 is 0. The molecule has 2 saturated heterocycles. The number of amides is 2. The SMILES string of the molecule is C[C@@H]1CCCN1C(=O)CN[C@H]1CN[C@H](C(=O)NCCc2ccccc2)C1. The van der Waals surface area contributed by atoms with Gasteiger partial charge in [0.25, 0.3) is 0 Å². The third kappa shape index (κ3) is 5.05. The lowest BCUT2D eigenvalue weighted by Crippen LogP contribution is -2.43. The second kappa shape index (κ2) is 9.14. The first-order valence-corrected chi connectivity index (χ1v) is 9.71. The van der Waals surface area contributed by atoms with E-state index >= 15 is 0 Å². The molecule has 2 aliphatic rings. The molecule has 0 unspecified atom stereocenters. The van der Waals surface area contributed by atoms with Crippen LogP contribution >= 0.6 is 0 Å². The third-order valence-corrected chi connectivity index (χ3v) is 5.42. The largest absolute Gasteiger partial charge is 0.354 e. The van der Waals surface area contributed by atoms with Crippen LogP contribution < -0.4 is 16.0 Å². The van der Waals surface area contributed by atoms with Crippen LogP contribution in [0.25, 0.3) is 0 Å². The van der Waals surface area contributed by atoms with Crippen LogP contribution in [0, 0.1) is 0 Å².